The first-order valence-corrected chi connectivity index (χ1v) is 10.4. The van der Waals surface area contributed by atoms with Crippen molar-refractivity contribution in [1.29, 1.82) is 0 Å². The van der Waals surface area contributed by atoms with E-state index in [1.807, 2.05) is 6.21 Å². The van der Waals surface area contributed by atoms with Crippen LogP contribution in [0.25, 0.3) is 0 Å². The second-order valence-electron chi connectivity index (χ2n) is 8.01. The largest absolute Gasteiger partial charge is 0.295 e. The molecule has 1 aliphatic heterocycles. The van der Waals surface area contributed by atoms with E-state index >= 15 is 0 Å². The summed E-state index contributed by atoms with van der Waals surface area (Å²) in [6.07, 6.45) is 20.5. The number of carbonyl (C=O) groups excluding carboxylic acids is 1. The molecule has 1 heterocycles. The molecular weight excluding hydrogens is 310 g/mol. The van der Waals surface area contributed by atoms with Gasteiger partial charge in [-0.2, -0.15) is 0 Å². The second-order valence-corrected chi connectivity index (χ2v) is 8.01. The molecule has 1 N–H and O–H groups in total. The number of carbonyl (C=O) groups is 1. The zero-order valence-corrected chi connectivity index (χ0v) is 15.5. The van der Waals surface area contributed by atoms with Crippen molar-refractivity contribution in [3.8, 4) is 0 Å². The van der Waals surface area contributed by atoms with Crippen LogP contribution < -0.4 is 5.32 Å². The van der Waals surface area contributed by atoms with E-state index in [0.29, 0.717) is 18.9 Å². The van der Waals surface area contributed by atoms with E-state index in [4.69, 9.17) is 0 Å². The first kappa shape index (κ1) is 18.3. The lowest BCUT2D eigenvalue weighted by atomic mass is 9.86. The zero-order chi connectivity index (χ0) is 17.3. The Balaban J connectivity index is 1.36. The fraction of sp³-hybridized carbons (Fsp3) is 0.762. The minimum absolute atomic E-state index is 0.0658. The topological polar surface area (TPSA) is 53.8 Å². The number of hydrogen-bond acceptors (Lipinski definition) is 3. The van der Waals surface area contributed by atoms with E-state index < -0.39 is 0 Å². The predicted molar refractivity (Wildman–Crippen MR) is 104 cm³/mol. The van der Waals surface area contributed by atoms with Gasteiger partial charge in [-0.1, -0.05) is 70.3 Å². The van der Waals surface area contributed by atoms with Crippen LogP contribution in [0.3, 0.4) is 0 Å². The summed E-state index contributed by atoms with van der Waals surface area (Å²) in [5.74, 6) is 2.14. The van der Waals surface area contributed by atoms with Gasteiger partial charge in [0.05, 0.1) is 6.54 Å². The minimum Gasteiger partial charge on any atom is -0.295 e. The number of amides is 1. The highest BCUT2D eigenvalue weighted by Crippen LogP contribution is 2.28. The first-order valence-electron chi connectivity index (χ1n) is 10.4. The van der Waals surface area contributed by atoms with Gasteiger partial charge in [0.1, 0.15) is 0 Å². The van der Waals surface area contributed by atoms with Gasteiger partial charge in [-0.3, -0.25) is 10.1 Å². The molecule has 0 unspecified atom stereocenters. The highest BCUT2D eigenvalue weighted by Gasteiger charge is 2.16. The molecular formula is C21H33N3O. The van der Waals surface area contributed by atoms with Gasteiger partial charge in [0, 0.05) is 12.6 Å². The lowest BCUT2D eigenvalue weighted by Crippen LogP contribution is -2.31. The summed E-state index contributed by atoms with van der Waals surface area (Å²) in [7, 11) is 0. The van der Waals surface area contributed by atoms with Crippen LogP contribution in [0.4, 0.5) is 0 Å². The summed E-state index contributed by atoms with van der Waals surface area (Å²) in [6, 6.07) is 0. The molecule has 1 amide bonds. The molecule has 138 valence electrons. The van der Waals surface area contributed by atoms with Crippen molar-refractivity contribution in [2.45, 2.75) is 83.5 Å². The van der Waals surface area contributed by atoms with E-state index in [1.54, 1.807) is 0 Å². The Hall–Kier alpha value is -1.45. The quantitative estimate of drug-likeness (QED) is 0.766. The van der Waals surface area contributed by atoms with Crippen molar-refractivity contribution in [3.05, 3.63) is 11.6 Å². The highest BCUT2D eigenvalue weighted by molar-refractivity contribution is 6.03. The summed E-state index contributed by atoms with van der Waals surface area (Å²) >= 11 is 0. The molecule has 0 aromatic rings. The van der Waals surface area contributed by atoms with Gasteiger partial charge in [-0.05, 0) is 30.3 Å². The van der Waals surface area contributed by atoms with E-state index in [-0.39, 0.29) is 5.91 Å². The third-order valence-electron chi connectivity index (χ3n) is 5.96. The fourth-order valence-corrected chi connectivity index (χ4v) is 4.32. The van der Waals surface area contributed by atoms with Crippen LogP contribution in [0.5, 0.6) is 0 Å². The maximum atomic E-state index is 12.1. The molecule has 0 radical (unpaired) electrons. The molecule has 25 heavy (non-hydrogen) atoms. The Morgan fingerprint density at radius 3 is 2.36 bits per heavy atom. The predicted octanol–water partition coefficient (Wildman–Crippen LogP) is 4.80. The van der Waals surface area contributed by atoms with Crippen LogP contribution in [0.15, 0.2) is 21.6 Å². The van der Waals surface area contributed by atoms with Gasteiger partial charge in [0.15, 0.2) is 0 Å². The Morgan fingerprint density at radius 2 is 1.72 bits per heavy atom. The molecule has 0 saturated heterocycles. The Bertz CT molecular complexity index is 523. The van der Waals surface area contributed by atoms with Gasteiger partial charge >= 0.3 is 0 Å². The molecule has 2 fully saturated rings. The Morgan fingerprint density at radius 1 is 1.04 bits per heavy atom. The maximum absolute atomic E-state index is 12.1. The molecule has 2 aliphatic carbocycles. The number of rotatable bonds is 5. The molecule has 2 saturated carbocycles. The van der Waals surface area contributed by atoms with E-state index in [9.17, 15) is 4.79 Å². The zero-order valence-electron chi connectivity index (χ0n) is 15.5. The fourth-order valence-electron chi connectivity index (χ4n) is 4.32. The molecule has 4 heteroatoms. The summed E-state index contributed by atoms with van der Waals surface area (Å²) in [6.45, 7) is 0.647. The number of guanidine groups is 1. The van der Waals surface area contributed by atoms with E-state index in [1.165, 1.54) is 69.8 Å². The van der Waals surface area contributed by atoms with Crippen molar-refractivity contribution in [1.82, 2.24) is 5.32 Å². The summed E-state index contributed by atoms with van der Waals surface area (Å²) in [5, 5.41) is 2.87. The highest BCUT2D eigenvalue weighted by atomic mass is 16.1. The first-order chi connectivity index (χ1) is 12.3. The SMILES string of the molecule is O=C(CCC1CCCCC1)NC1=NC/C(=C\CC2CCCCC2)C=N1. The molecule has 0 aromatic heterocycles. The van der Waals surface area contributed by atoms with Gasteiger partial charge in [-0.25, -0.2) is 9.98 Å². The number of aliphatic imine (C=N–C) groups is 2. The monoisotopic (exact) mass is 343 g/mol. The van der Waals surface area contributed by atoms with Crippen molar-refractivity contribution >= 4 is 18.1 Å². The van der Waals surface area contributed by atoms with Crippen molar-refractivity contribution in [2.75, 3.05) is 6.54 Å². The Labute approximate surface area is 152 Å². The van der Waals surface area contributed by atoms with Crippen LogP contribution in [0.2, 0.25) is 0 Å². The summed E-state index contributed by atoms with van der Waals surface area (Å²) < 4.78 is 0. The normalized spacial score (nSPS) is 24.3. The van der Waals surface area contributed by atoms with Crippen LogP contribution in [0.1, 0.15) is 83.5 Å². The third kappa shape index (κ3) is 6.41. The van der Waals surface area contributed by atoms with Gasteiger partial charge in [0.25, 0.3) is 0 Å². The molecule has 4 nitrogen and oxygen atoms in total. The molecule has 3 rings (SSSR count). The number of hydrogen-bond donors (Lipinski definition) is 1. The average molecular weight is 344 g/mol. The molecule has 0 bridgehead atoms. The van der Waals surface area contributed by atoms with E-state index in [0.717, 1.165) is 24.7 Å². The smallest absolute Gasteiger partial charge is 0.226 e. The van der Waals surface area contributed by atoms with Gasteiger partial charge in [0.2, 0.25) is 11.9 Å². The van der Waals surface area contributed by atoms with Crippen LogP contribution in [-0.2, 0) is 4.79 Å². The molecule has 3 aliphatic rings. The van der Waals surface area contributed by atoms with Crippen molar-refractivity contribution in [3.63, 3.8) is 0 Å². The number of nitrogens with one attached hydrogen (secondary N) is 1. The van der Waals surface area contributed by atoms with Crippen LogP contribution in [-0.4, -0.2) is 24.6 Å². The van der Waals surface area contributed by atoms with Crippen LogP contribution >= 0.6 is 0 Å². The third-order valence-corrected chi connectivity index (χ3v) is 5.96. The molecule has 0 spiro atoms. The lowest BCUT2D eigenvalue weighted by molar-refractivity contribution is -0.120. The lowest BCUT2D eigenvalue weighted by Gasteiger charge is -2.21. The molecule has 0 atom stereocenters. The van der Waals surface area contributed by atoms with Gasteiger partial charge in [-0.15, -0.1) is 0 Å². The summed E-state index contributed by atoms with van der Waals surface area (Å²) in [5.41, 5.74) is 1.19. The maximum Gasteiger partial charge on any atom is 0.226 e. The average Bonchev–Trinajstić information content (AvgIpc) is 2.67. The van der Waals surface area contributed by atoms with Gasteiger partial charge < -0.3 is 0 Å². The van der Waals surface area contributed by atoms with Crippen LogP contribution in [0, 0.1) is 11.8 Å². The standard InChI is InChI=1S/C21H33N3O/c25-20(14-13-18-9-5-2-6-10-18)24-21-22-15-19(16-23-21)12-11-17-7-3-1-4-8-17/h12,15,17-18H,1-11,13-14,16H2,(H,23,24,25)/b19-12-. The molecule has 0 aromatic carbocycles. The summed E-state index contributed by atoms with van der Waals surface area (Å²) in [4.78, 5) is 20.8. The minimum atomic E-state index is 0.0658. The van der Waals surface area contributed by atoms with Crippen molar-refractivity contribution < 1.29 is 4.79 Å². The number of allylic oxidation sites excluding steroid dienone is 1. The van der Waals surface area contributed by atoms with E-state index in [2.05, 4.69) is 21.4 Å². The van der Waals surface area contributed by atoms with Crippen molar-refractivity contribution in [2.24, 2.45) is 21.8 Å². The second kappa shape index (κ2) is 9.88. The number of nitrogens with zero attached hydrogens (tertiary/aromatic N) is 2. The Kier molecular flexibility index (Phi) is 7.25.